The number of carbonyl (C=O) groups is 6. The Labute approximate surface area is 206 Å². The van der Waals surface area contributed by atoms with Gasteiger partial charge in [-0.05, 0) is 47.4 Å². The lowest BCUT2D eigenvalue weighted by atomic mass is 9.80. The highest BCUT2D eigenvalue weighted by molar-refractivity contribution is 6.16. The van der Waals surface area contributed by atoms with Gasteiger partial charge in [0, 0.05) is 5.56 Å². The zero-order valence-electron chi connectivity index (χ0n) is 18.7. The molecule has 0 aromatic heterocycles. The van der Waals surface area contributed by atoms with E-state index < -0.39 is 80.3 Å². The van der Waals surface area contributed by atoms with Gasteiger partial charge in [-0.25, -0.2) is 28.8 Å². The highest BCUT2D eigenvalue weighted by Gasteiger charge is 2.32. The van der Waals surface area contributed by atoms with Crippen LogP contribution in [0.25, 0.3) is 22.3 Å². The van der Waals surface area contributed by atoms with Crippen LogP contribution >= 0.6 is 0 Å². The van der Waals surface area contributed by atoms with Crippen LogP contribution < -0.4 is 0 Å². The van der Waals surface area contributed by atoms with Crippen LogP contribution in [0, 0.1) is 6.92 Å². The van der Waals surface area contributed by atoms with Crippen molar-refractivity contribution < 1.29 is 59.4 Å². The number of rotatable bonds is 8. The van der Waals surface area contributed by atoms with Crippen molar-refractivity contribution in [2.24, 2.45) is 0 Å². The Morgan fingerprint density at radius 3 is 1.22 bits per heavy atom. The molecule has 0 saturated carbocycles. The molecule has 0 saturated heterocycles. The van der Waals surface area contributed by atoms with E-state index in [1.807, 2.05) is 0 Å². The SMILES string of the molecule is Cc1cc(C(=O)O)c(C(=O)O)c(-c2cccc(C(=O)O)c2C(=O)O)c1-c1cccc(C(=O)O)c1C(=O)O. The number of hydrogen-bond acceptors (Lipinski definition) is 6. The highest BCUT2D eigenvalue weighted by atomic mass is 16.4. The normalized spacial score (nSPS) is 10.5. The third kappa shape index (κ3) is 4.46. The van der Waals surface area contributed by atoms with E-state index in [0.29, 0.717) is 0 Å². The maximum Gasteiger partial charge on any atom is 0.337 e. The van der Waals surface area contributed by atoms with E-state index in [1.165, 1.54) is 13.0 Å². The van der Waals surface area contributed by atoms with Crippen LogP contribution in [-0.4, -0.2) is 66.5 Å². The largest absolute Gasteiger partial charge is 0.478 e. The predicted molar refractivity (Wildman–Crippen MR) is 124 cm³/mol. The van der Waals surface area contributed by atoms with E-state index in [0.717, 1.165) is 36.4 Å². The first-order chi connectivity index (χ1) is 17.3. The fraction of sp³-hybridized carbons (Fsp3) is 0.0400. The molecule has 0 heterocycles. The summed E-state index contributed by atoms with van der Waals surface area (Å²) in [6, 6.07) is 7.33. The molecule has 3 aromatic carbocycles. The first-order valence-electron chi connectivity index (χ1n) is 10.1. The second kappa shape index (κ2) is 9.62. The molecule has 3 aromatic rings. The fourth-order valence-corrected chi connectivity index (χ4v) is 4.16. The number of benzene rings is 3. The van der Waals surface area contributed by atoms with Crippen molar-refractivity contribution in [3.05, 3.63) is 81.4 Å². The van der Waals surface area contributed by atoms with E-state index in [9.17, 15) is 59.4 Å². The highest BCUT2D eigenvalue weighted by Crippen LogP contribution is 2.43. The maximum atomic E-state index is 12.4. The summed E-state index contributed by atoms with van der Waals surface area (Å²) < 4.78 is 0. The molecular formula is C25H16O12. The Balaban J connectivity index is 2.74. The molecule has 0 aliphatic carbocycles. The Morgan fingerprint density at radius 1 is 0.486 bits per heavy atom. The number of hydrogen-bond donors (Lipinski definition) is 6. The van der Waals surface area contributed by atoms with Crippen molar-refractivity contribution in [3.63, 3.8) is 0 Å². The second-order valence-electron chi connectivity index (χ2n) is 7.65. The van der Waals surface area contributed by atoms with Gasteiger partial charge in [-0.15, -0.1) is 0 Å². The number of carboxylic acids is 6. The average Bonchev–Trinajstić information content (AvgIpc) is 2.81. The number of carboxylic acid groups (broad SMARTS) is 6. The molecule has 37 heavy (non-hydrogen) atoms. The van der Waals surface area contributed by atoms with Crippen LogP contribution in [0.5, 0.6) is 0 Å². The van der Waals surface area contributed by atoms with Gasteiger partial charge in [-0.2, -0.15) is 0 Å². The topological polar surface area (TPSA) is 224 Å². The summed E-state index contributed by atoms with van der Waals surface area (Å²) in [5, 5.41) is 58.5. The van der Waals surface area contributed by atoms with Gasteiger partial charge in [-0.3, -0.25) is 0 Å². The first kappa shape index (κ1) is 26.1. The molecule has 0 atom stereocenters. The van der Waals surface area contributed by atoms with E-state index in [2.05, 4.69) is 0 Å². The summed E-state index contributed by atoms with van der Waals surface area (Å²) in [4.78, 5) is 72.2. The van der Waals surface area contributed by atoms with Crippen LogP contribution in [0.1, 0.15) is 67.7 Å². The zero-order chi connectivity index (χ0) is 27.8. The molecule has 0 radical (unpaired) electrons. The van der Waals surface area contributed by atoms with Crippen molar-refractivity contribution in [3.8, 4) is 22.3 Å². The third-order valence-electron chi connectivity index (χ3n) is 5.52. The van der Waals surface area contributed by atoms with Crippen LogP contribution in [0.4, 0.5) is 0 Å². The van der Waals surface area contributed by atoms with Crippen molar-refractivity contribution in [2.75, 3.05) is 0 Å². The molecule has 12 heteroatoms. The molecule has 0 bridgehead atoms. The molecule has 0 aliphatic heterocycles. The van der Waals surface area contributed by atoms with E-state index in [1.54, 1.807) is 0 Å². The quantitative estimate of drug-likeness (QED) is 0.257. The standard InChI is InChI=1S/C25H16O12/c1-9-8-14(22(30)31)19(25(36)37)18(11-5-3-7-13(21(28)29)17(11)24(34)35)15(9)10-4-2-6-12(20(26)27)16(10)23(32)33/h2-8H,1H3,(H,26,27)(H,28,29)(H,30,31)(H,32,33)(H,34,35)(H,36,37). The minimum absolute atomic E-state index is 0.0421. The lowest BCUT2D eigenvalue weighted by Crippen LogP contribution is -2.16. The maximum absolute atomic E-state index is 12.4. The Morgan fingerprint density at radius 2 is 0.865 bits per heavy atom. The summed E-state index contributed by atoms with van der Waals surface area (Å²) in [6.45, 7) is 1.29. The lowest BCUT2D eigenvalue weighted by Gasteiger charge is -2.22. The van der Waals surface area contributed by atoms with Gasteiger partial charge in [0.15, 0.2) is 0 Å². The van der Waals surface area contributed by atoms with Gasteiger partial charge >= 0.3 is 35.8 Å². The van der Waals surface area contributed by atoms with E-state index in [4.69, 9.17) is 0 Å². The molecule has 0 aliphatic rings. The van der Waals surface area contributed by atoms with Gasteiger partial charge in [0.05, 0.1) is 33.4 Å². The monoisotopic (exact) mass is 508 g/mol. The smallest absolute Gasteiger partial charge is 0.337 e. The van der Waals surface area contributed by atoms with Crippen LogP contribution in [0.3, 0.4) is 0 Å². The Kier molecular flexibility index (Phi) is 6.78. The van der Waals surface area contributed by atoms with Gasteiger partial charge < -0.3 is 30.6 Å². The van der Waals surface area contributed by atoms with Crippen LogP contribution in [0.2, 0.25) is 0 Å². The molecule has 0 unspecified atom stereocenters. The molecule has 0 fully saturated rings. The molecule has 188 valence electrons. The minimum Gasteiger partial charge on any atom is -0.478 e. The van der Waals surface area contributed by atoms with Crippen molar-refractivity contribution in [2.45, 2.75) is 6.92 Å². The molecule has 0 spiro atoms. The van der Waals surface area contributed by atoms with Gasteiger partial charge in [-0.1, -0.05) is 24.3 Å². The lowest BCUT2D eigenvalue weighted by molar-refractivity contribution is 0.0650. The number of aryl methyl sites for hydroxylation is 1. The van der Waals surface area contributed by atoms with Gasteiger partial charge in [0.1, 0.15) is 0 Å². The summed E-state index contributed by atoms with van der Waals surface area (Å²) in [6.07, 6.45) is 0. The average molecular weight is 508 g/mol. The summed E-state index contributed by atoms with van der Waals surface area (Å²) in [5.74, 6) is -10.3. The summed E-state index contributed by atoms with van der Waals surface area (Å²) in [7, 11) is 0. The van der Waals surface area contributed by atoms with Gasteiger partial charge in [0.25, 0.3) is 0 Å². The Hall–Kier alpha value is -5.52. The van der Waals surface area contributed by atoms with Crippen LogP contribution in [0.15, 0.2) is 42.5 Å². The molecule has 12 nitrogen and oxygen atoms in total. The van der Waals surface area contributed by atoms with Gasteiger partial charge in [0.2, 0.25) is 0 Å². The van der Waals surface area contributed by atoms with Crippen LogP contribution in [-0.2, 0) is 0 Å². The van der Waals surface area contributed by atoms with Crippen molar-refractivity contribution >= 4 is 35.8 Å². The zero-order valence-corrected chi connectivity index (χ0v) is 18.7. The molecule has 0 amide bonds. The molecule has 3 rings (SSSR count). The van der Waals surface area contributed by atoms with Crippen molar-refractivity contribution in [1.29, 1.82) is 0 Å². The predicted octanol–water partition coefficient (Wildman–Crippen LogP) is 3.52. The van der Waals surface area contributed by atoms with E-state index >= 15 is 0 Å². The second-order valence-corrected chi connectivity index (χ2v) is 7.65. The third-order valence-corrected chi connectivity index (χ3v) is 5.52. The first-order valence-corrected chi connectivity index (χ1v) is 10.1. The number of aromatic carboxylic acids is 6. The fourth-order valence-electron chi connectivity index (χ4n) is 4.16. The van der Waals surface area contributed by atoms with Crippen molar-refractivity contribution in [1.82, 2.24) is 0 Å². The molecular weight excluding hydrogens is 492 g/mol. The summed E-state index contributed by atoms with van der Waals surface area (Å²) in [5.41, 5.74) is -6.63. The van der Waals surface area contributed by atoms with E-state index in [-0.39, 0.29) is 16.7 Å². The summed E-state index contributed by atoms with van der Waals surface area (Å²) >= 11 is 0. The minimum atomic E-state index is -1.84. The molecule has 6 N–H and O–H groups in total. The Bertz CT molecular complexity index is 1550.